The molecule has 2 aliphatic carbocycles. The first kappa shape index (κ1) is 23.2. The van der Waals surface area contributed by atoms with E-state index in [2.05, 4.69) is 32.4 Å². The molecular formula is C25H37NO3S. The van der Waals surface area contributed by atoms with Gasteiger partial charge < -0.3 is 0 Å². The number of carbonyl (C=O) groups excluding carboxylic acids is 1. The molecule has 1 aromatic carbocycles. The molecule has 0 aliphatic heterocycles. The number of Topliss-reactive ketones (excluding diaryl/α,β-unsaturated/α-hetero) is 1. The van der Waals surface area contributed by atoms with Crippen LogP contribution in [0.5, 0.6) is 0 Å². The maximum absolute atomic E-state index is 13.6. The number of carbonyl (C=O) groups is 1. The summed E-state index contributed by atoms with van der Waals surface area (Å²) in [4.78, 5) is 13.6. The van der Waals surface area contributed by atoms with E-state index in [1.54, 1.807) is 0 Å². The van der Waals surface area contributed by atoms with E-state index in [1.165, 1.54) is 0 Å². The van der Waals surface area contributed by atoms with Crippen LogP contribution in [0.4, 0.5) is 0 Å². The molecule has 2 bridgehead atoms. The van der Waals surface area contributed by atoms with Gasteiger partial charge in [0.2, 0.25) is 10.0 Å². The van der Waals surface area contributed by atoms with Gasteiger partial charge in [0.05, 0.1) is 11.2 Å². The second-order valence-corrected chi connectivity index (χ2v) is 11.6. The van der Waals surface area contributed by atoms with E-state index >= 15 is 0 Å². The summed E-state index contributed by atoms with van der Waals surface area (Å²) in [6, 6.07) is 9.86. The van der Waals surface area contributed by atoms with Crippen LogP contribution in [0.25, 0.3) is 6.08 Å². The minimum Gasteiger partial charge on any atom is -0.294 e. The summed E-state index contributed by atoms with van der Waals surface area (Å²) in [5.41, 5.74) is 0.630. The molecule has 166 valence electrons. The van der Waals surface area contributed by atoms with Crippen LogP contribution in [-0.2, 0) is 14.8 Å². The second kappa shape index (κ2) is 8.96. The first-order valence-corrected chi connectivity index (χ1v) is 13.1. The maximum atomic E-state index is 13.6. The lowest BCUT2D eigenvalue weighted by Gasteiger charge is -2.35. The number of benzene rings is 1. The van der Waals surface area contributed by atoms with Gasteiger partial charge in [-0.1, -0.05) is 77.3 Å². The van der Waals surface area contributed by atoms with Crippen LogP contribution >= 0.6 is 0 Å². The average Bonchev–Trinajstić information content (AvgIpc) is 3.03. The quantitative estimate of drug-likeness (QED) is 0.517. The normalized spacial score (nSPS) is 27.7. The fraction of sp³-hybridized carbons (Fsp3) is 0.640. The second-order valence-electron chi connectivity index (χ2n) is 9.76. The SMILES string of the molecule is CCCCC(CC)CNS(=O)(=O)CC12CCC(/C(=C/c3ccccc3)C1=O)C2(C)C. The van der Waals surface area contributed by atoms with Gasteiger partial charge in [-0.25, -0.2) is 13.1 Å². The van der Waals surface area contributed by atoms with Crippen molar-refractivity contribution in [3.63, 3.8) is 0 Å². The zero-order valence-electron chi connectivity index (χ0n) is 18.9. The lowest BCUT2D eigenvalue weighted by atomic mass is 9.70. The van der Waals surface area contributed by atoms with Crippen molar-refractivity contribution >= 4 is 21.9 Å². The Morgan fingerprint density at radius 1 is 1.20 bits per heavy atom. The van der Waals surface area contributed by atoms with Gasteiger partial charge in [0.25, 0.3) is 0 Å². The van der Waals surface area contributed by atoms with E-state index in [0.717, 1.165) is 43.2 Å². The molecule has 0 radical (unpaired) electrons. The minimum atomic E-state index is -3.54. The molecule has 3 rings (SSSR count). The van der Waals surface area contributed by atoms with Gasteiger partial charge in [-0.05, 0) is 48.2 Å². The molecule has 0 amide bonds. The zero-order valence-corrected chi connectivity index (χ0v) is 19.7. The predicted octanol–water partition coefficient (Wildman–Crippen LogP) is 5.21. The standard InChI is InChI=1S/C25H37NO3S/c1-5-7-11-19(6-2)17-26-30(28,29)18-25-15-14-22(24(25,3)4)21(23(25)27)16-20-12-9-8-10-13-20/h8-10,12-13,16,19,22,26H,5-7,11,14-15,17-18H2,1-4H3/b21-16-. The number of nitrogens with one attached hydrogen (secondary N) is 1. The van der Waals surface area contributed by atoms with Crippen molar-refractivity contribution in [3.05, 3.63) is 41.5 Å². The number of hydrogen-bond donors (Lipinski definition) is 1. The Labute approximate surface area is 182 Å². The Kier molecular flexibility index (Phi) is 6.93. The Morgan fingerprint density at radius 3 is 2.53 bits per heavy atom. The van der Waals surface area contributed by atoms with Gasteiger partial charge in [0.15, 0.2) is 5.78 Å². The molecule has 2 fully saturated rings. The third-order valence-electron chi connectivity index (χ3n) is 7.73. The van der Waals surface area contributed by atoms with Gasteiger partial charge >= 0.3 is 0 Å². The molecule has 3 unspecified atom stereocenters. The fourth-order valence-electron chi connectivity index (χ4n) is 5.57. The number of unbranched alkanes of at least 4 members (excludes halogenated alkanes) is 1. The summed E-state index contributed by atoms with van der Waals surface area (Å²) in [6.45, 7) is 8.90. The number of fused-ring (bicyclic) bond motifs is 2. The highest BCUT2D eigenvalue weighted by molar-refractivity contribution is 7.89. The lowest BCUT2D eigenvalue weighted by Crippen LogP contribution is -2.46. The molecular weight excluding hydrogens is 394 g/mol. The average molecular weight is 432 g/mol. The summed E-state index contributed by atoms with van der Waals surface area (Å²) >= 11 is 0. The summed E-state index contributed by atoms with van der Waals surface area (Å²) in [6.07, 6.45) is 7.75. The van der Waals surface area contributed by atoms with E-state index < -0.39 is 15.4 Å². The molecule has 2 aliphatic rings. The lowest BCUT2D eigenvalue weighted by molar-refractivity contribution is -0.125. The summed E-state index contributed by atoms with van der Waals surface area (Å²) in [5.74, 6) is 0.414. The number of sulfonamides is 1. The monoisotopic (exact) mass is 431 g/mol. The largest absolute Gasteiger partial charge is 0.294 e. The summed E-state index contributed by atoms with van der Waals surface area (Å²) in [5, 5.41) is 0. The van der Waals surface area contributed by atoms with Crippen LogP contribution in [0.1, 0.15) is 71.8 Å². The van der Waals surface area contributed by atoms with E-state index in [-0.39, 0.29) is 22.9 Å². The molecule has 0 aromatic heterocycles. The van der Waals surface area contributed by atoms with Crippen molar-refractivity contribution < 1.29 is 13.2 Å². The molecule has 4 nitrogen and oxygen atoms in total. The van der Waals surface area contributed by atoms with Crippen LogP contribution in [0, 0.1) is 22.7 Å². The van der Waals surface area contributed by atoms with E-state index in [1.807, 2.05) is 36.4 Å². The Hall–Kier alpha value is -1.46. The third-order valence-corrected chi connectivity index (χ3v) is 9.21. The molecule has 2 saturated carbocycles. The summed E-state index contributed by atoms with van der Waals surface area (Å²) in [7, 11) is -3.54. The van der Waals surface area contributed by atoms with Crippen molar-refractivity contribution in [1.29, 1.82) is 0 Å². The number of allylic oxidation sites excluding steroid dienone is 1. The fourth-order valence-corrected chi connectivity index (χ4v) is 7.46. The first-order chi connectivity index (χ1) is 14.2. The Morgan fingerprint density at radius 2 is 1.90 bits per heavy atom. The molecule has 0 saturated heterocycles. The predicted molar refractivity (Wildman–Crippen MR) is 123 cm³/mol. The Bertz CT molecular complexity index is 888. The number of ketones is 1. The summed E-state index contributed by atoms with van der Waals surface area (Å²) < 4.78 is 29.0. The highest BCUT2D eigenvalue weighted by atomic mass is 32.2. The van der Waals surface area contributed by atoms with Crippen LogP contribution in [-0.4, -0.2) is 26.5 Å². The van der Waals surface area contributed by atoms with Crippen molar-refractivity contribution in [2.75, 3.05) is 12.3 Å². The van der Waals surface area contributed by atoms with Gasteiger partial charge in [-0.3, -0.25) is 4.79 Å². The Balaban J connectivity index is 1.80. The highest BCUT2D eigenvalue weighted by Gasteiger charge is 2.67. The van der Waals surface area contributed by atoms with Crippen LogP contribution in [0.3, 0.4) is 0 Å². The number of rotatable bonds is 10. The van der Waals surface area contributed by atoms with Crippen molar-refractivity contribution in [3.8, 4) is 0 Å². The smallest absolute Gasteiger partial charge is 0.212 e. The zero-order chi connectivity index (χ0) is 22.0. The molecule has 1 aromatic rings. The maximum Gasteiger partial charge on any atom is 0.212 e. The topological polar surface area (TPSA) is 63.2 Å². The number of hydrogen-bond acceptors (Lipinski definition) is 3. The van der Waals surface area contributed by atoms with Gasteiger partial charge in [-0.2, -0.15) is 0 Å². The van der Waals surface area contributed by atoms with E-state index in [0.29, 0.717) is 18.9 Å². The molecule has 5 heteroatoms. The highest BCUT2D eigenvalue weighted by Crippen LogP contribution is 2.66. The first-order valence-electron chi connectivity index (χ1n) is 11.5. The van der Waals surface area contributed by atoms with Crippen LogP contribution in [0.15, 0.2) is 35.9 Å². The van der Waals surface area contributed by atoms with Crippen LogP contribution < -0.4 is 4.72 Å². The van der Waals surface area contributed by atoms with E-state index in [9.17, 15) is 13.2 Å². The molecule has 0 spiro atoms. The van der Waals surface area contributed by atoms with Crippen LogP contribution in [0.2, 0.25) is 0 Å². The van der Waals surface area contributed by atoms with Crippen molar-refractivity contribution in [1.82, 2.24) is 4.72 Å². The minimum absolute atomic E-state index is 0.0380. The molecule has 3 atom stereocenters. The third kappa shape index (κ3) is 4.29. The van der Waals surface area contributed by atoms with Gasteiger partial charge in [0, 0.05) is 12.1 Å². The molecule has 0 heterocycles. The molecule has 30 heavy (non-hydrogen) atoms. The molecule has 1 N–H and O–H groups in total. The van der Waals surface area contributed by atoms with E-state index in [4.69, 9.17) is 0 Å². The van der Waals surface area contributed by atoms with Gasteiger partial charge in [0.1, 0.15) is 0 Å². The van der Waals surface area contributed by atoms with Gasteiger partial charge in [-0.15, -0.1) is 0 Å². The van der Waals surface area contributed by atoms with Crippen molar-refractivity contribution in [2.24, 2.45) is 22.7 Å². The van der Waals surface area contributed by atoms with Crippen molar-refractivity contribution in [2.45, 2.75) is 66.2 Å².